The third-order valence-electron chi connectivity index (χ3n) is 2.73. The maximum atomic E-state index is 8.94. The molecule has 0 amide bonds. The van der Waals surface area contributed by atoms with Gasteiger partial charge in [-0.25, -0.2) is 0 Å². The lowest BCUT2D eigenvalue weighted by molar-refractivity contribution is 0.679. The minimum Gasteiger partial charge on any atom is -0.192 e. The van der Waals surface area contributed by atoms with E-state index in [9.17, 15) is 0 Å². The van der Waals surface area contributed by atoms with Gasteiger partial charge in [0.25, 0.3) is 0 Å². The lowest BCUT2D eigenvalue weighted by atomic mass is 10.1. The normalized spacial score (nSPS) is 9.05. The van der Waals surface area contributed by atoms with Crippen LogP contribution < -0.4 is 0 Å². The monoisotopic (exact) mass is 270 g/mol. The van der Waals surface area contributed by atoms with Crippen LogP contribution in [-0.2, 0) is 0 Å². The molecule has 19 heavy (non-hydrogen) atoms. The molecule has 96 valence electrons. The number of nitriles is 2. The van der Waals surface area contributed by atoms with E-state index in [-0.39, 0.29) is 0 Å². The van der Waals surface area contributed by atoms with Gasteiger partial charge in [-0.2, -0.15) is 10.5 Å². The summed E-state index contributed by atoms with van der Waals surface area (Å²) in [7, 11) is 0. The van der Waals surface area contributed by atoms with Gasteiger partial charge in [-0.05, 0) is 18.6 Å². The Kier molecular flexibility index (Phi) is 6.52. The minimum atomic E-state index is 0.293. The van der Waals surface area contributed by atoms with Gasteiger partial charge in [-0.15, -0.1) is 0 Å². The minimum absolute atomic E-state index is 0.293. The molecule has 0 N–H and O–H groups in total. The van der Waals surface area contributed by atoms with Crippen LogP contribution in [0.2, 0.25) is 5.02 Å². The van der Waals surface area contributed by atoms with Gasteiger partial charge >= 0.3 is 0 Å². The summed E-state index contributed by atoms with van der Waals surface area (Å²) in [6.07, 6.45) is 5.55. The lowest BCUT2D eigenvalue weighted by Crippen LogP contribution is -1.87. The van der Waals surface area contributed by atoms with E-state index in [2.05, 4.69) is 18.8 Å². The highest BCUT2D eigenvalue weighted by molar-refractivity contribution is 6.31. The molecule has 0 radical (unpaired) electrons. The first-order chi connectivity index (χ1) is 9.22. The van der Waals surface area contributed by atoms with E-state index in [4.69, 9.17) is 22.1 Å². The SMILES string of the molecule is CCCCCCC#Cc1cc(C#N)c(C#N)cc1Cl. The second-order valence-electron chi connectivity index (χ2n) is 4.21. The molecule has 0 aliphatic carbocycles. The zero-order valence-corrected chi connectivity index (χ0v) is 11.7. The molecule has 0 unspecified atom stereocenters. The molecule has 0 atom stereocenters. The third-order valence-corrected chi connectivity index (χ3v) is 3.04. The molecule has 3 heteroatoms. The fourth-order valence-electron chi connectivity index (χ4n) is 1.65. The van der Waals surface area contributed by atoms with E-state index in [0.717, 1.165) is 12.8 Å². The van der Waals surface area contributed by atoms with Crippen LogP contribution in [0.5, 0.6) is 0 Å². The first-order valence-corrected chi connectivity index (χ1v) is 6.73. The summed E-state index contributed by atoms with van der Waals surface area (Å²) in [6.45, 7) is 2.17. The van der Waals surface area contributed by atoms with Crippen LogP contribution in [0.3, 0.4) is 0 Å². The molecule has 0 saturated heterocycles. The molecule has 0 aromatic heterocycles. The number of rotatable bonds is 4. The lowest BCUT2D eigenvalue weighted by Gasteiger charge is -1.99. The maximum absolute atomic E-state index is 8.94. The molecule has 2 nitrogen and oxygen atoms in total. The van der Waals surface area contributed by atoms with E-state index in [1.165, 1.54) is 25.3 Å². The predicted octanol–water partition coefficient (Wildman–Crippen LogP) is 4.41. The molecule has 0 bridgehead atoms. The average molecular weight is 271 g/mol. The van der Waals surface area contributed by atoms with Gasteiger partial charge in [0, 0.05) is 12.0 Å². The largest absolute Gasteiger partial charge is 0.192 e. The van der Waals surface area contributed by atoms with Gasteiger partial charge in [-0.1, -0.05) is 49.6 Å². The highest BCUT2D eigenvalue weighted by atomic mass is 35.5. The van der Waals surface area contributed by atoms with E-state index in [1.807, 2.05) is 12.1 Å². The van der Waals surface area contributed by atoms with E-state index < -0.39 is 0 Å². The Labute approximate surface area is 119 Å². The van der Waals surface area contributed by atoms with Crippen LogP contribution in [0.4, 0.5) is 0 Å². The number of nitrogens with zero attached hydrogens (tertiary/aromatic N) is 2. The van der Waals surface area contributed by atoms with Crippen molar-refractivity contribution < 1.29 is 0 Å². The number of halogens is 1. The zero-order chi connectivity index (χ0) is 14.1. The van der Waals surface area contributed by atoms with Crippen molar-refractivity contribution in [2.24, 2.45) is 0 Å². The topological polar surface area (TPSA) is 47.6 Å². The first-order valence-electron chi connectivity index (χ1n) is 6.35. The van der Waals surface area contributed by atoms with Gasteiger partial charge in [0.1, 0.15) is 12.1 Å². The summed E-state index contributed by atoms with van der Waals surface area (Å²) >= 11 is 6.04. The fourth-order valence-corrected chi connectivity index (χ4v) is 1.86. The zero-order valence-electron chi connectivity index (χ0n) is 11.0. The van der Waals surface area contributed by atoms with Crippen molar-refractivity contribution in [3.63, 3.8) is 0 Å². The van der Waals surface area contributed by atoms with Gasteiger partial charge in [0.05, 0.1) is 16.1 Å². The number of benzene rings is 1. The Morgan fingerprint density at radius 3 is 2.32 bits per heavy atom. The number of hydrogen-bond donors (Lipinski definition) is 0. The van der Waals surface area contributed by atoms with Crippen LogP contribution in [0.15, 0.2) is 12.1 Å². The Hall–Kier alpha value is -1.95. The van der Waals surface area contributed by atoms with Crippen molar-refractivity contribution in [2.45, 2.75) is 39.0 Å². The number of unbranched alkanes of at least 4 members (excludes halogenated alkanes) is 4. The molecule has 0 fully saturated rings. The van der Waals surface area contributed by atoms with E-state index >= 15 is 0 Å². The fraction of sp³-hybridized carbons (Fsp3) is 0.375. The Bertz CT molecular complexity index is 580. The molecule has 0 saturated carbocycles. The summed E-state index contributed by atoms with van der Waals surface area (Å²) in [5.74, 6) is 6.04. The highest BCUT2D eigenvalue weighted by Crippen LogP contribution is 2.20. The second-order valence-corrected chi connectivity index (χ2v) is 4.62. The van der Waals surface area contributed by atoms with Gasteiger partial charge in [0.15, 0.2) is 0 Å². The van der Waals surface area contributed by atoms with Crippen molar-refractivity contribution >= 4 is 11.6 Å². The van der Waals surface area contributed by atoms with Crippen molar-refractivity contribution in [3.8, 4) is 24.0 Å². The first kappa shape index (κ1) is 15.1. The molecule has 0 spiro atoms. The second kappa shape index (κ2) is 8.20. The van der Waals surface area contributed by atoms with Gasteiger partial charge in [0.2, 0.25) is 0 Å². The molecule has 0 heterocycles. The quantitative estimate of drug-likeness (QED) is 0.601. The van der Waals surface area contributed by atoms with Crippen molar-refractivity contribution in [2.75, 3.05) is 0 Å². The van der Waals surface area contributed by atoms with Crippen LogP contribution in [0.1, 0.15) is 55.7 Å². The summed E-state index contributed by atoms with van der Waals surface area (Å²) in [6, 6.07) is 7.02. The Balaban J connectivity index is 2.78. The summed E-state index contributed by atoms with van der Waals surface area (Å²) in [4.78, 5) is 0. The third kappa shape index (κ3) is 4.67. The van der Waals surface area contributed by atoms with Crippen LogP contribution >= 0.6 is 11.6 Å². The standard InChI is InChI=1S/C16H15ClN2/c1-2-3-4-5-6-7-8-13-9-14(11-18)15(12-19)10-16(13)17/h9-10H,2-6H2,1H3. The Morgan fingerprint density at radius 2 is 1.68 bits per heavy atom. The van der Waals surface area contributed by atoms with Crippen LogP contribution in [0, 0.1) is 34.5 Å². The Morgan fingerprint density at radius 1 is 1.00 bits per heavy atom. The van der Waals surface area contributed by atoms with Crippen LogP contribution in [-0.4, -0.2) is 0 Å². The summed E-state index contributed by atoms with van der Waals surface area (Å²) < 4.78 is 0. The number of hydrogen-bond acceptors (Lipinski definition) is 2. The van der Waals surface area contributed by atoms with Crippen molar-refractivity contribution in [3.05, 3.63) is 33.8 Å². The van der Waals surface area contributed by atoms with Gasteiger partial charge < -0.3 is 0 Å². The van der Waals surface area contributed by atoms with Crippen LogP contribution in [0.25, 0.3) is 0 Å². The van der Waals surface area contributed by atoms with Crippen molar-refractivity contribution in [1.29, 1.82) is 10.5 Å². The summed E-state index contributed by atoms with van der Waals surface area (Å²) in [5.41, 5.74) is 1.23. The molecule has 0 aliphatic rings. The molecule has 1 aromatic rings. The van der Waals surface area contributed by atoms with E-state index in [0.29, 0.717) is 21.7 Å². The highest BCUT2D eigenvalue weighted by Gasteiger charge is 2.06. The van der Waals surface area contributed by atoms with Gasteiger partial charge in [-0.3, -0.25) is 0 Å². The molecular weight excluding hydrogens is 256 g/mol. The van der Waals surface area contributed by atoms with Crippen molar-refractivity contribution in [1.82, 2.24) is 0 Å². The van der Waals surface area contributed by atoms with E-state index in [1.54, 1.807) is 6.07 Å². The predicted molar refractivity (Wildman–Crippen MR) is 76.5 cm³/mol. The molecule has 1 rings (SSSR count). The average Bonchev–Trinajstić information content (AvgIpc) is 2.43. The molecule has 0 aliphatic heterocycles. The summed E-state index contributed by atoms with van der Waals surface area (Å²) in [5, 5.41) is 18.2. The molecule has 1 aromatic carbocycles. The smallest absolute Gasteiger partial charge is 0.101 e. The molecular formula is C16H15ClN2. The maximum Gasteiger partial charge on any atom is 0.101 e.